The zero-order valence-corrected chi connectivity index (χ0v) is 19.5. The molecular formula is C25H27ClN4OS. The Hall–Kier alpha value is -2.67. The summed E-state index contributed by atoms with van der Waals surface area (Å²) in [5.41, 5.74) is 2.08. The number of aromatic nitrogens is 2. The number of piperidine rings is 1. The first-order valence-corrected chi connectivity index (χ1v) is 11.7. The Morgan fingerprint density at radius 2 is 1.72 bits per heavy atom. The van der Waals surface area contributed by atoms with Crippen LogP contribution in [0, 0.1) is 0 Å². The fourth-order valence-corrected chi connectivity index (χ4v) is 5.18. The minimum atomic E-state index is 0. The number of para-hydroxylation sites is 2. The molecule has 166 valence electrons. The van der Waals surface area contributed by atoms with E-state index in [1.807, 2.05) is 28.8 Å². The monoisotopic (exact) mass is 466 g/mol. The Morgan fingerprint density at radius 1 is 0.969 bits per heavy atom. The fourth-order valence-electron chi connectivity index (χ4n) is 4.40. The molecule has 0 unspecified atom stereocenters. The van der Waals surface area contributed by atoms with E-state index in [4.69, 9.17) is 0 Å². The number of halogens is 1. The molecule has 0 radical (unpaired) electrons. The quantitative estimate of drug-likeness (QED) is 0.384. The van der Waals surface area contributed by atoms with Crippen LogP contribution in [0.3, 0.4) is 0 Å². The fraction of sp³-hybridized carbons (Fsp3) is 0.280. The number of nitrogens with zero attached hydrogens (tertiary/aromatic N) is 4. The van der Waals surface area contributed by atoms with E-state index in [9.17, 15) is 4.79 Å². The van der Waals surface area contributed by atoms with Crippen LogP contribution in [0.5, 0.6) is 0 Å². The van der Waals surface area contributed by atoms with Crippen molar-refractivity contribution < 1.29 is 0 Å². The van der Waals surface area contributed by atoms with Gasteiger partial charge in [0, 0.05) is 37.9 Å². The second-order valence-electron chi connectivity index (χ2n) is 7.99. The van der Waals surface area contributed by atoms with Gasteiger partial charge >= 0.3 is 0 Å². The van der Waals surface area contributed by atoms with E-state index >= 15 is 0 Å². The number of thiophene rings is 1. The van der Waals surface area contributed by atoms with Gasteiger partial charge in [-0.15, -0.1) is 23.7 Å². The zero-order valence-electron chi connectivity index (χ0n) is 17.8. The third-order valence-corrected chi connectivity index (χ3v) is 7.01. The van der Waals surface area contributed by atoms with Crippen LogP contribution in [0.2, 0.25) is 0 Å². The molecule has 0 atom stereocenters. The van der Waals surface area contributed by atoms with Gasteiger partial charge in [-0.25, -0.2) is 4.98 Å². The first kappa shape index (κ1) is 22.5. The molecule has 0 aliphatic carbocycles. The SMILES string of the molecule is Cl.O=c1c2ccccc2ncn1C1CCN(CCN(c2ccccc2)c2cccs2)CC1. The maximum atomic E-state index is 12.9. The number of anilines is 2. The van der Waals surface area contributed by atoms with Gasteiger partial charge in [0.25, 0.3) is 5.56 Å². The Balaban J connectivity index is 0.00000245. The Kier molecular flexibility index (Phi) is 7.25. The maximum absolute atomic E-state index is 12.9. The van der Waals surface area contributed by atoms with Crippen molar-refractivity contribution in [1.82, 2.24) is 14.5 Å². The average molecular weight is 467 g/mol. The predicted molar refractivity (Wildman–Crippen MR) is 136 cm³/mol. The molecule has 0 spiro atoms. The molecule has 1 aliphatic rings. The van der Waals surface area contributed by atoms with Crippen LogP contribution < -0.4 is 10.5 Å². The van der Waals surface area contributed by atoms with E-state index in [0.717, 1.165) is 44.5 Å². The van der Waals surface area contributed by atoms with Gasteiger partial charge in [-0.05, 0) is 54.6 Å². The van der Waals surface area contributed by atoms with Gasteiger partial charge < -0.3 is 9.80 Å². The molecule has 1 fully saturated rings. The summed E-state index contributed by atoms with van der Waals surface area (Å²) in [4.78, 5) is 22.3. The standard InChI is InChI=1S/C25H26N4OS.ClH/c30-25-22-9-4-5-10-23(22)26-19-29(25)21-12-14-27(15-13-21)16-17-28(24-11-6-18-31-24)20-7-2-1-3-8-20;/h1-11,18-19,21H,12-17H2;1H. The highest BCUT2D eigenvalue weighted by Gasteiger charge is 2.22. The lowest BCUT2D eigenvalue weighted by Gasteiger charge is -2.34. The summed E-state index contributed by atoms with van der Waals surface area (Å²) in [6.07, 6.45) is 3.69. The molecule has 32 heavy (non-hydrogen) atoms. The second kappa shape index (κ2) is 10.3. The van der Waals surface area contributed by atoms with Crippen molar-refractivity contribution >= 4 is 45.3 Å². The molecule has 0 amide bonds. The largest absolute Gasteiger partial charge is 0.332 e. The van der Waals surface area contributed by atoms with E-state index in [1.54, 1.807) is 17.7 Å². The molecule has 2 aromatic heterocycles. The van der Waals surface area contributed by atoms with Gasteiger partial charge in [0.2, 0.25) is 0 Å². The van der Waals surface area contributed by atoms with Crippen molar-refractivity contribution in [1.29, 1.82) is 0 Å². The van der Waals surface area contributed by atoms with Crippen LogP contribution in [0.4, 0.5) is 10.7 Å². The highest BCUT2D eigenvalue weighted by Crippen LogP contribution is 2.29. The summed E-state index contributed by atoms with van der Waals surface area (Å²) in [6.45, 7) is 3.95. The molecule has 0 N–H and O–H groups in total. The smallest absolute Gasteiger partial charge is 0.261 e. The van der Waals surface area contributed by atoms with E-state index in [0.29, 0.717) is 5.39 Å². The zero-order chi connectivity index (χ0) is 21.0. The molecule has 3 heterocycles. The van der Waals surface area contributed by atoms with Gasteiger partial charge in [0.05, 0.1) is 22.2 Å². The van der Waals surface area contributed by atoms with Crippen LogP contribution in [0.15, 0.2) is 83.2 Å². The normalized spacial score (nSPS) is 14.9. The number of likely N-dealkylation sites (tertiary alicyclic amines) is 1. The van der Waals surface area contributed by atoms with Crippen molar-refractivity contribution in [2.45, 2.75) is 18.9 Å². The first-order valence-electron chi connectivity index (χ1n) is 10.8. The molecule has 5 nitrogen and oxygen atoms in total. The maximum Gasteiger partial charge on any atom is 0.261 e. The number of hydrogen-bond acceptors (Lipinski definition) is 5. The molecule has 0 bridgehead atoms. The Morgan fingerprint density at radius 3 is 2.47 bits per heavy atom. The third-order valence-electron chi connectivity index (χ3n) is 6.12. The summed E-state index contributed by atoms with van der Waals surface area (Å²) in [6, 6.07) is 22.7. The van der Waals surface area contributed by atoms with Crippen molar-refractivity contribution in [3.8, 4) is 0 Å². The number of fused-ring (bicyclic) bond motifs is 1. The minimum Gasteiger partial charge on any atom is -0.332 e. The van der Waals surface area contributed by atoms with Gasteiger partial charge in [-0.1, -0.05) is 30.3 Å². The van der Waals surface area contributed by atoms with Gasteiger partial charge in [0.15, 0.2) is 0 Å². The number of hydrogen-bond donors (Lipinski definition) is 0. The molecule has 4 aromatic rings. The van der Waals surface area contributed by atoms with Crippen LogP contribution in [0.1, 0.15) is 18.9 Å². The van der Waals surface area contributed by atoms with Crippen LogP contribution in [-0.4, -0.2) is 40.6 Å². The Bertz CT molecular complexity index is 1190. The average Bonchev–Trinajstić information content (AvgIpc) is 3.36. The van der Waals surface area contributed by atoms with Crippen LogP contribution in [0.25, 0.3) is 10.9 Å². The van der Waals surface area contributed by atoms with Crippen LogP contribution >= 0.6 is 23.7 Å². The molecule has 7 heteroatoms. The van der Waals surface area contributed by atoms with Gasteiger partial charge in [-0.2, -0.15) is 0 Å². The van der Waals surface area contributed by atoms with Gasteiger partial charge in [0.1, 0.15) is 0 Å². The number of benzene rings is 2. The van der Waals surface area contributed by atoms with E-state index in [2.05, 4.69) is 62.6 Å². The lowest BCUT2D eigenvalue weighted by molar-refractivity contribution is 0.188. The Labute approximate surface area is 198 Å². The molecule has 2 aromatic carbocycles. The summed E-state index contributed by atoms with van der Waals surface area (Å²) in [5, 5.41) is 4.11. The van der Waals surface area contributed by atoms with E-state index in [1.165, 1.54) is 10.7 Å². The summed E-state index contributed by atoms with van der Waals surface area (Å²) in [5.74, 6) is 0. The molecule has 1 aliphatic heterocycles. The summed E-state index contributed by atoms with van der Waals surface area (Å²) < 4.78 is 1.85. The molecule has 1 saturated heterocycles. The van der Waals surface area contributed by atoms with Crippen molar-refractivity contribution in [3.05, 3.63) is 88.8 Å². The topological polar surface area (TPSA) is 41.4 Å². The van der Waals surface area contributed by atoms with Crippen molar-refractivity contribution in [3.63, 3.8) is 0 Å². The van der Waals surface area contributed by atoms with E-state index in [-0.39, 0.29) is 24.0 Å². The molecule has 0 saturated carbocycles. The molecular weight excluding hydrogens is 440 g/mol. The van der Waals surface area contributed by atoms with Crippen LogP contribution in [-0.2, 0) is 0 Å². The first-order chi connectivity index (χ1) is 15.3. The highest BCUT2D eigenvalue weighted by atomic mass is 35.5. The third kappa shape index (κ3) is 4.72. The van der Waals surface area contributed by atoms with Crippen molar-refractivity contribution in [2.24, 2.45) is 0 Å². The molecule has 5 rings (SSSR count). The van der Waals surface area contributed by atoms with Gasteiger partial charge in [-0.3, -0.25) is 9.36 Å². The minimum absolute atomic E-state index is 0. The lowest BCUT2D eigenvalue weighted by atomic mass is 10.0. The summed E-state index contributed by atoms with van der Waals surface area (Å²) in [7, 11) is 0. The van der Waals surface area contributed by atoms with E-state index < -0.39 is 0 Å². The number of rotatable bonds is 6. The highest BCUT2D eigenvalue weighted by molar-refractivity contribution is 7.14. The lowest BCUT2D eigenvalue weighted by Crippen LogP contribution is -2.40. The second-order valence-corrected chi connectivity index (χ2v) is 8.91. The predicted octanol–water partition coefficient (Wildman–Crippen LogP) is 5.36. The summed E-state index contributed by atoms with van der Waals surface area (Å²) >= 11 is 1.78. The van der Waals surface area contributed by atoms with Crippen molar-refractivity contribution in [2.75, 3.05) is 31.1 Å².